The molecule has 1 aliphatic rings. The Kier molecular flexibility index (Phi) is 8.27. The smallest absolute Gasteiger partial charge is 0.323 e. The first-order chi connectivity index (χ1) is 15.1. The molecular formula is C20H25N5O7. The number of carboxylic acid groups (broad SMARTS) is 1. The third kappa shape index (κ3) is 6.27. The van der Waals surface area contributed by atoms with Gasteiger partial charge in [-0.3, -0.25) is 29.4 Å². The van der Waals surface area contributed by atoms with E-state index in [1.807, 2.05) is 0 Å². The van der Waals surface area contributed by atoms with Gasteiger partial charge in [0, 0.05) is 30.6 Å². The van der Waals surface area contributed by atoms with Crippen molar-refractivity contribution in [2.24, 2.45) is 5.73 Å². The molecule has 0 bridgehead atoms. The zero-order valence-electron chi connectivity index (χ0n) is 17.5. The van der Waals surface area contributed by atoms with Gasteiger partial charge in [0.2, 0.25) is 11.8 Å². The van der Waals surface area contributed by atoms with E-state index in [0.29, 0.717) is 5.56 Å². The molecule has 32 heavy (non-hydrogen) atoms. The first-order valence-electron chi connectivity index (χ1n) is 9.73. The summed E-state index contributed by atoms with van der Waals surface area (Å²) in [4.78, 5) is 62.7. The molecule has 12 nitrogen and oxygen atoms in total. The number of amidine groups is 1. The van der Waals surface area contributed by atoms with Gasteiger partial charge < -0.3 is 30.7 Å². The Morgan fingerprint density at radius 1 is 1.19 bits per heavy atom. The molecular weight excluding hydrogens is 422 g/mol. The predicted molar refractivity (Wildman–Crippen MR) is 111 cm³/mol. The molecule has 1 fully saturated rings. The van der Waals surface area contributed by atoms with Crippen LogP contribution in [-0.2, 0) is 23.9 Å². The van der Waals surface area contributed by atoms with Crippen LogP contribution in [0.1, 0.15) is 28.8 Å². The molecule has 0 radical (unpaired) electrons. The molecule has 1 aromatic rings. The first-order valence-corrected chi connectivity index (χ1v) is 9.73. The molecule has 0 aromatic heterocycles. The van der Waals surface area contributed by atoms with Crippen molar-refractivity contribution in [3.63, 3.8) is 0 Å². The number of nitrogens with zero attached hydrogens (tertiary/aromatic N) is 2. The van der Waals surface area contributed by atoms with Gasteiger partial charge in [-0.25, -0.2) is 0 Å². The van der Waals surface area contributed by atoms with Gasteiger partial charge in [-0.05, 0) is 18.6 Å². The van der Waals surface area contributed by atoms with Crippen LogP contribution in [0.3, 0.4) is 0 Å². The quantitative estimate of drug-likeness (QED) is 0.206. The fourth-order valence-electron chi connectivity index (χ4n) is 3.25. The molecule has 12 heteroatoms. The minimum Gasteiger partial charge on any atom is -0.480 e. The van der Waals surface area contributed by atoms with E-state index in [-0.39, 0.29) is 37.3 Å². The first kappa shape index (κ1) is 24.3. The highest BCUT2D eigenvalue weighted by Crippen LogP contribution is 2.17. The average molecular weight is 447 g/mol. The summed E-state index contributed by atoms with van der Waals surface area (Å²) in [5, 5.41) is 18.8. The number of carboxylic acids is 1. The van der Waals surface area contributed by atoms with Crippen LogP contribution in [0.4, 0.5) is 0 Å². The Hall–Kier alpha value is -3.96. The molecule has 1 atom stereocenters. The molecule has 3 amide bonds. The molecule has 1 heterocycles. The fraction of sp³-hybridized carbons (Fsp3) is 0.400. The van der Waals surface area contributed by atoms with Crippen LogP contribution in [0.15, 0.2) is 24.3 Å². The van der Waals surface area contributed by atoms with Crippen LogP contribution in [0, 0.1) is 5.41 Å². The van der Waals surface area contributed by atoms with Gasteiger partial charge in [-0.1, -0.05) is 12.1 Å². The number of carbonyl (C=O) groups excluding carboxylic acids is 4. The molecule has 5 N–H and O–H groups in total. The van der Waals surface area contributed by atoms with Gasteiger partial charge in [0.15, 0.2) is 0 Å². The van der Waals surface area contributed by atoms with Crippen LogP contribution < -0.4 is 11.1 Å². The van der Waals surface area contributed by atoms with Crippen molar-refractivity contribution in [1.82, 2.24) is 15.1 Å². The Bertz CT molecular complexity index is 915. The van der Waals surface area contributed by atoms with Crippen molar-refractivity contribution in [3.8, 4) is 0 Å². The van der Waals surface area contributed by atoms with E-state index in [2.05, 4.69) is 10.1 Å². The second-order valence-electron chi connectivity index (χ2n) is 7.04. The Morgan fingerprint density at radius 3 is 2.38 bits per heavy atom. The average Bonchev–Trinajstić information content (AvgIpc) is 2.77. The SMILES string of the molecule is COC(=O)CC[C@H]1C(=O)N(CC(=O)O)CCN1C(=O)CNC(=O)c1ccc(C(=N)N)cc1. The van der Waals surface area contributed by atoms with Crippen molar-refractivity contribution in [3.05, 3.63) is 35.4 Å². The third-order valence-electron chi connectivity index (χ3n) is 4.94. The van der Waals surface area contributed by atoms with Gasteiger partial charge in [-0.15, -0.1) is 0 Å². The summed E-state index contributed by atoms with van der Waals surface area (Å²) in [6.07, 6.45) is -0.166. The maximum atomic E-state index is 12.7. The van der Waals surface area contributed by atoms with E-state index >= 15 is 0 Å². The summed E-state index contributed by atoms with van der Waals surface area (Å²) in [5.41, 5.74) is 6.08. The number of carbonyl (C=O) groups is 5. The Morgan fingerprint density at radius 2 is 1.81 bits per heavy atom. The van der Waals surface area contributed by atoms with Crippen molar-refractivity contribution >= 4 is 35.5 Å². The number of nitrogens with one attached hydrogen (secondary N) is 2. The molecule has 1 aromatic carbocycles. The summed E-state index contributed by atoms with van der Waals surface area (Å²) < 4.78 is 4.58. The van der Waals surface area contributed by atoms with Crippen molar-refractivity contribution in [1.29, 1.82) is 5.41 Å². The minimum absolute atomic E-state index is 0.0199. The van der Waals surface area contributed by atoms with Gasteiger partial charge in [0.25, 0.3) is 5.91 Å². The number of rotatable bonds is 9. The topological polar surface area (TPSA) is 183 Å². The predicted octanol–water partition coefficient (Wildman–Crippen LogP) is -1.22. The largest absolute Gasteiger partial charge is 0.480 e. The van der Waals surface area contributed by atoms with Crippen molar-refractivity contribution < 1.29 is 33.8 Å². The highest BCUT2D eigenvalue weighted by Gasteiger charge is 2.38. The number of esters is 1. The highest BCUT2D eigenvalue weighted by molar-refractivity contribution is 5.99. The summed E-state index contributed by atoms with van der Waals surface area (Å²) in [6, 6.07) is 4.89. The summed E-state index contributed by atoms with van der Waals surface area (Å²) in [7, 11) is 1.20. The van der Waals surface area contributed by atoms with E-state index in [1.54, 1.807) is 0 Å². The minimum atomic E-state index is -1.19. The molecule has 0 spiro atoms. The number of piperazine rings is 1. The van der Waals surface area contributed by atoms with Crippen LogP contribution in [0.5, 0.6) is 0 Å². The molecule has 172 valence electrons. The second-order valence-corrected chi connectivity index (χ2v) is 7.04. The lowest BCUT2D eigenvalue weighted by atomic mass is 10.0. The summed E-state index contributed by atoms with van der Waals surface area (Å²) in [6.45, 7) is -0.824. The lowest BCUT2D eigenvalue weighted by Crippen LogP contribution is -2.60. The molecule has 0 aliphatic carbocycles. The van der Waals surface area contributed by atoms with Gasteiger partial charge in [0.1, 0.15) is 18.4 Å². The van der Waals surface area contributed by atoms with Crippen LogP contribution >= 0.6 is 0 Å². The summed E-state index contributed by atoms with van der Waals surface area (Å²) >= 11 is 0. The number of hydrogen-bond donors (Lipinski definition) is 4. The number of benzene rings is 1. The number of methoxy groups -OCH3 is 1. The Labute approximate surface area is 183 Å². The molecule has 1 aliphatic heterocycles. The maximum Gasteiger partial charge on any atom is 0.323 e. The van der Waals surface area contributed by atoms with Crippen LogP contribution in [0.2, 0.25) is 0 Å². The van der Waals surface area contributed by atoms with Crippen molar-refractivity contribution in [2.45, 2.75) is 18.9 Å². The zero-order valence-corrected chi connectivity index (χ0v) is 17.5. The number of nitrogen functional groups attached to an aromatic ring is 1. The number of aliphatic carboxylic acids is 1. The molecule has 0 unspecified atom stereocenters. The summed E-state index contributed by atoms with van der Waals surface area (Å²) in [5.74, 6) is -3.55. The number of amides is 3. The number of nitrogens with two attached hydrogens (primary N) is 1. The normalized spacial score (nSPS) is 15.8. The lowest BCUT2D eigenvalue weighted by Gasteiger charge is -2.40. The van der Waals surface area contributed by atoms with Crippen LogP contribution in [0.25, 0.3) is 0 Å². The van der Waals surface area contributed by atoms with E-state index in [0.717, 1.165) is 4.90 Å². The van der Waals surface area contributed by atoms with E-state index in [4.69, 9.17) is 16.2 Å². The second kappa shape index (κ2) is 10.9. The van der Waals surface area contributed by atoms with E-state index in [1.165, 1.54) is 36.3 Å². The number of ether oxygens (including phenoxy) is 1. The van der Waals surface area contributed by atoms with Crippen molar-refractivity contribution in [2.75, 3.05) is 33.3 Å². The standard InChI is InChI=1S/C20H25N5O7/c1-32-17(29)7-6-14-20(31)24(11-16(27)28)8-9-25(14)15(26)10-23-19(30)13-4-2-12(3-5-13)18(21)22/h2-5,14H,6-11H2,1H3,(H3,21,22)(H,23,30)(H,27,28)/t14-/m0/s1. The highest BCUT2D eigenvalue weighted by atomic mass is 16.5. The fourth-order valence-corrected chi connectivity index (χ4v) is 3.25. The van der Waals surface area contributed by atoms with E-state index in [9.17, 15) is 24.0 Å². The van der Waals surface area contributed by atoms with Gasteiger partial charge in [-0.2, -0.15) is 0 Å². The van der Waals surface area contributed by atoms with E-state index < -0.39 is 48.8 Å². The molecule has 1 saturated heterocycles. The lowest BCUT2D eigenvalue weighted by molar-refractivity contribution is -0.156. The van der Waals surface area contributed by atoms with Gasteiger partial charge >= 0.3 is 11.9 Å². The monoisotopic (exact) mass is 447 g/mol. The van der Waals surface area contributed by atoms with Gasteiger partial charge in [0.05, 0.1) is 13.7 Å². The number of hydrogen-bond acceptors (Lipinski definition) is 7. The molecule has 2 rings (SSSR count). The third-order valence-corrected chi connectivity index (χ3v) is 4.94. The van der Waals surface area contributed by atoms with Crippen LogP contribution in [-0.4, -0.2) is 89.7 Å². The molecule has 0 saturated carbocycles. The maximum absolute atomic E-state index is 12.7. The zero-order chi connectivity index (χ0) is 23.8. The Balaban J connectivity index is 2.05.